The topological polar surface area (TPSA) is 12.5 Å². The van der Waals surface area contributed by atoms with Crippen molar-refractivity contribution in [2.75, 3.05) is 20.6 Å². The van der Waals surface area contributed by atoms with Crippen molar-refractivity contribution >= 4 is 0 Å². The Kier molecular flexibility index (Phi) is 4.80. The third kappa shape index (κ3) is 6.62. The minimum Gasteiger partial charge on any atom is -0.371 e. The normalized spacial score (nSPS) is 15.2. The van der Waals surface area contributed by atoms with E-state index in [0.29, 0.717) is 6.10 Å². The van der Waals surface area contributed by atoms with Crippen molar-refractivity contribution < 1.29 is 4.74 Å². The van der Waals surface area contributed by atoms with Crippen LogP contribution in [0, 0.1) is 0 Å². The molecule has 0 aromatic carbocycles. The fourth-order valence-electron chi connectivity index (χ4n) is 1.16. The average Bonchev–Trinajstić information content (AvgIpc) is 1.82. The monoisotopic (exact) mass is 173 g/mol. The molecule has 0 saturated heterocycles. The van der Waals surface area contributed by atoms with Crippen LogP contribution in [0.1, 0.15) is 34.1 Å². The van der Waals surface area contributed by atoms with Gasteiger partial charge >= 0.3 is 0 Å². The summed E-state index contributed by atoms with van der Waals surface area (Å²) in [5.74, 6) is 0. The lowest BCUT2D eigenvalue weighted by Gasteiger charge is -2.28. The van der Waals surface area contributed by atoms with Crippen LogP contribution in [0.5, 0.6) is 0 Å². The predicted octanol–water partition coefficient (Wildman–Crippen LogP) is 2.14. The first kappa shape index (κ1) is 11.9. The van der Waals surface area contributed by atoms with Crippen molar-refractivity contribution in [2.24, 2.45) is 0 Å². The summed E-state index contributed by atoms with van der Waals surface area (Å²) in [7, 11) is 4.16. The van der Waals surface area contributed by atoms with Crippen LogP contribution in [0.2, 0.25) is 0 Å². The van der Waals surface area contributed by atoms with Crippen molar-refractivity contribution in [1.82, 2.24) is 4.90 Å². The molecule has 0 amide bonds. The standard InChI is InChI=1S/C10H23NO/c1-7-9(8-11(5)6)12-10(2,3)4/h9H,7-8H2,1-6H3/t9-/m1/s1. The van der Waals surface area contributed by atoms with Crippen LogP contribution in [-0.2, 0) is 4.74 Å². The van der Waals surface area contributed by atoms with Crippen LogP contribution in [0.15, 0.2) is 0 Å². The van der Waals surface area contributed by atoms with Gasteiger partial charge in [0.2, 0.25) is 0 Å². The first-order valence-electron chi connectivity index (χ1n) is 4.67. The van der Waals surface area contributed by atoms with E-state index in [4.69, 9.17) is 4.74 Å². The molecule has 2 heteroatoms. The first-order valence-corrected chi connectivity index (χ1v) is 4.67. The smallest absolute Gasteiger partial charge is 0.0706 e. The van der Waals surface area contributed by atoms with E-state index in [1.165, 1.54) is 0 Å². The van der Waals surface area contributed by atoms with Gasteiger partial charge in [-0.15, -0.1) is 0 Å². The number of likely N-dealkylation sites (N-methyl/N-ethyl adjacent to an activating group) is 1. The molecular weight excluding hydrogens is 150 g/mol. The van der Waals surface area contributed by atoms with E-state index in [1.807, 2.05) is 0 Å². The molecule has 0 fully saturated rings. The van der Waals surface area contributed by atoms with Crippen LogP contribution >= 0.6 is 0 Å². The van der Waals surface area contributed by atoms with Gasteiger partial charge < -0.3 is 9.64 Å². The highest BCUT2D eigenvalue weighted by Gasteiger charge is 2.17. The van der Waals surface area contributed by atoms with E-state index in [0.717, 1.165) is 13.0 Å². The van der Waals surface area contributed by atoms with Gasteiger partial charge in [-0.05, 0) is 41.3 Å². The minimum absolute atomic E-state index is 0.0172. The Morgan fingerprint density at radius 2 is 1.75 bits per heavy atom. The van der Waals surface area contributed by atoms with Crippen LogP contribution in [0.25, 0.3) is 0 Å². The molecule has 0 aliphatic carbocycles. The Hall–Kier alpha value is -0.0800. The highest BCUT2D eigenvalue weighted by atomic mass is 16.5. The summed E-state index contributed by atoms with van der Waals surface area (Å²) in [6.45, 7) is 9.48. The highest BCUT2D eigenvalue weighted by Crippen LogP contribution is 2.13. The molecule has 0 aromatic rings. The van der Waals surface area contributed by atoms with Crippen molar-refractivity contribution in [3.63, 3.8) is 0 Å². The number of nitrogens with zero attached hydrogens (tertiary/aromatic N) is 1. The second kappa shape index (κ2) is 4.83. The average molecular weight is 173 g/mol. The van der Waals surface area contributed by atoms with Gasteiger partial charge in [-0.1, -0.05) is 6.92 Å². The van der Waals surface area contributed by atoms with Crippen LogP contribution in [0.4, 0.5) is 0 Å². The quantitative estimate of drug-likeness (QED) is 0.646. The van der Waals surface area contributed by atoms with E-state index in [1.54, 1.807) is 0 Å². The Balaban J connectivity index is 3.83. The molecule has 0 N–H and O–H groups in total. The lowest BCUT2D eigenvalue weighted by Crippen LogP contribution is -2.34. The zero-order valence-electron chi connectivity index (χ0n) is 9.35. The van der Waals surface area contributed by atoms with Crippen molar-refractivity contribution in [3.05, 3.63) is 0 Å². The summed E-state index contributed by atoms with van der Waals surface area (Å²) >= 11 is 0. The molecule has 74 valence electrons. The summed E-state index contributed by atoms with van der Waals surface area (Å²) in [6, 6.07) is 0. The van der Waals surface area contributed by atoms with E-state index >= 15 is 0 Å². The van der Waals surface area contributed by atoms with E-state index in [2.05, 4.69) is 46.7 Å². The van der Waals surface area contributed by atoms with E-state index < -0.39 is 0 Å². The van der Waals surface area contributed by atoms with Crippen LogP contribution in [0.3, 0.4) is 0 Å². The lowest BCUT2D eigenvalue weighted by atomic mass is 10.1. The maximum Gasteiger partial charge on any atom is 0.0706 e. The number of hydrogen-bond donors (Lipinski definition) is 0. The van der Waals surface area contributed by atoms with Gasteiger partial charge in [0.25, 0.3) is 0 Å². The molecule has 12 heavy (non-hydrogen) atoms. The fraction of sp³-hybridized carbons (Fsp3) is 1.00. The molecule has 0 spiro atoms. The van der Waals surface area contributed by atoms with Crippen LogP contribution < -0.4 is 0 Å². The molecule has 1 atom stereocenters. The lowest BCUT2D eigenvalue weighted by molar-refractivity contribution is -0.0686. The predicted molar refractivity (Wildman–Crippen MR) is 53.5 cm³/mol. The Labute approximate surface area is 76.9 Å². The highest BCUT2D eigenvalue weighted by molar-refractivity contribution is 4.66. The second-order valence-electron chi connectivity index (χ2n) is 4.52. The molecule has 2 nitrogen and oxygen atoms in total. The number of ether oxygens (including phenoxy) is 1. The fourth-order valence-corrected chi connectivity index (χ4v) is 1.16. The number of rotatable bonds is 4. The van der Waals surface area contributed by atoms with Gasteiger partial charge in [-0.25, -0.2) is 0 Å². The van der Waals surface area contributed by atoms with Crippen molar-refractivity contribution in [2.45, 2.75) is 45.8 Å². The molecule has 0 aromatic heterocycles. The van der Waals surface area contributed by atoms with Gasteiger partial charge in [0.15, 0.2) is 0 Å². The van der Waals surface area contributed by atoms with Crippen molar-refractivity contribution in [1.29, 1.82) is 0 Å². The van der Waals surface area contributed by atoms with Gasteiger partial charge in [0.05, 0.1) is 11.7 Å². The summed E-state index contributed by atoms with van der Waals surface area (Å²) in [4.78, 5) is 2.17. The molecule has 0 bridgehead atoms. The summed E-state index contributed by atoms with van der Waals surface area (Å²) in [5, 5.41) is 0. The molecule has 0 aliphatic heterocycles. The van der Waals surface area contributed by atoms with Gasteiger partial charge in [-0.2, -0.15) is 0 Å². The van der Waals surface area contributed by atoms with Gasteiger partial charge in [0, 0.05) is 6.54 Å². The molecule has 0 saturated carbocycles. The van der Waals surface area contributed by atoms with E-state index in [9.17, 15) is 0 Å². The van der Waals surface area contributed by atoms with E-state index in [-0.39, 0.29) is 5.60 Å². The number of hydrogen-bond acceptors (Lipinski definition) is 2. The molecule has 0 radical (unpaired) electrons. The molecular formula is C10H23NO. The van der Waals surface area contributed by atoms with Gasteiger partial charge in [0.1, 0.15) is 0 Å². The first-order chi connectivity index (χ1) is 5.35. The van der Waals surface area contributed by atoms with Crippen molar-refractivity contribution in [3.8, 4) is 0 Å². The third-order valence-corrected chi connectivity index (χ3v) is 1.54. The maximum absolute atomic E-state index is 5.86. The molecule has 0 unspecified atom stereocenters. The third-order valence-electron chi connectivity index (χ3n) is 1.54. The molecule has 0 heterocycles. The second-order valence-corrected chi connectivity index (χ2v) is 4.52. The minimum atomic E-state index is -0.0172. The Bertz CT molecular complexity index is 115. The zero-order valence-corrected chi connectivity index (χ0v) is 9.35. The Morgan fingerprint density at radius 1 is 1.25 bits per heavy atom. The zero-order chi connectivity index (χ0) is 9.78. The van der Waals surface area contributed by atoms with Crippen LogP contribution in [-0.4, -0.2) is 37.2 Å². The maximum atomic E-state index is 5.86. The largest absolute Gasteiger partial charge is 0.371 e. The van der Waals surface area contributed by atoms with Gasteiger partial charge in [-0.3, -0.25) is 0 Å². The summed E-state index contributed by atoms with van der Waals surface area (Å²) < 4.78 is 5.86. The summed E-state index contributed by atoms with van der Waals surface area (Å²) in [6.07, 6.45) is 1.44. The Morgan fingerprint density at radius 3 is 2.00 bits per heavy atom. The summed E-state index contributed by atoms with van der Waals surface area (Å²) in [5.41, 5.74) is -0.0172. The molecule has 0 rings (SSSR count). The molecule has 0 aliphatic rings. The SMILES string of the molecule is CC[C@H](CN(C)C)OC(C)(C)C.